The Morgan fingerprint density at radius 3 is 2.59 bits per heavy atom. The van der Waals surface area contributed by atoms with Crippen LogP contribution in [0.15, 0.2) is 30.3 Å². The second kappa shape index (κ2) is 8.44. The van der Waals surface area contributed by atoms with Crippen molar-refractivity contribution in [1.29, 1.82) is 0 Å². The Bertz CT molecular complexity index is 753. The van der Waals surface area contributed by atoms with Crippen molar-refractivity contribution in [2.24, 2.45) is 0 Å². The summed E-state index contributed by atoms with van der Waals surface area (Å²) in [5, 5.41) is 0. The first-order chi connectivity index (χ1) is 13.2. The van der Waals surface area contributed by atoms with Crippen LogP contribution in [-0.4, -0.2) is 44.1 Å². The van der Waals surface area contributed by atoms with Gasteiger partial charge in [-0.05, 0) is 61.6 Å². The smallest absolute Gasteiger partial charge is 0.264 e. The van der Waals surface area contributed by atoms with E-state index >= 15 is 0 Å². The number of thiophene rings is 1. The van der Waals surface area contributed by atoms with Gasteiger partial charge in [-0.15, -0.1) is 11.3 Å². The molecule has 1 amide bonds. The Labute approximate surface area is 165 Å². The molecule has 0 atom stereocenters. The minimum atomic E-state index is 0.247. The van der Waals surface area contributed by atoms with E-state index in [1.807, 2.05) is 12.1 Å². The summed E-state index contributed by atoms with van der Waals surface area (Å²) in [6.45, 7) is 4.75. The van der Waals surface area contributed by atoms with Crippen molar-refractivity contribution in [3.8, 4) is 5.75 Å². The first kappa shape index (κ1) is 18.5. The van der Waals surface area contributed by atoms with Gasteiger partial charge < -0.3 is 14.5 Å². The van der Waals surface area contributed by atoms with E-state index in [9.17, 15) is 4.79 Å². The van der Waals surface area contributed by atoms with Crippen LogP contribution in [0.1, 0.15) is 44.9 Å². The zero-order valence-corrected chi connectivity index (χ0v) is 16.9. The van der Waals surface area contributed by atoms with E-state index in [1.165, 1.54) is 35.3 Å². The first-order valence-electron chi connectivity index (χ1n) is 10.1. The van der Waals surface area contributed by atoms with Gasteiger partial charge in [-0.3, -0.25) is 4.79 Å². The third kappa shape index (κ3) is 4.36. The van der Waals surface area contributed by atoms with Gasteiger partial charge in [-0.1, -0.05) is 6.42 Å². The highest BCUT2D eigenvalue weighted by molar-refractivity contribution is 7.14. The number of nitrogens with one attached hydrogen (secondary N) is 1. The number of hydrogen-bond acceptors (Lipinski definition) is 3. The monoisotopic (exact) mass is 385 g/mol. The van der Waals surface area contributed by atoms with Gasteiger partial charge in [0.15, 0.2) is 0 Å². The molecular formula is C22H29N2O2S+. The van der Waals surface area contributed by atoms with Crippen molar-refractivity contribution in [3.63, 3.8) is 0 Å². The van der Waals surface area contributed by atoms with Crippen LogP contribution < -0.4 is 9.64 Å². The SMILES string of the molecule is COc1ccc(C[NH+]2CCN(C(=O)c3cc4c(s3)CCCCC4)CC2)cc1. The molecule has 2 aliphatic rings. The molecule has 0 radical (unpaired) electrons. The van der Waals surface area contributed by atoms with Gasteiger partial charge in [0.25, 0.3) is 5.91 Å². The number of ether oxygens (including phenoxy) is 1. The van der Waals surface area contributed by atoms with Crippen LogP contribution >= 0.6 is 11.3 Å². The molecule has 0 bridgehead atoms. The fourth-order valence-electron chi connectivity index (χ4n) is 4.16. The lowest BCUT2D eigenvalue weighted by Gasteiger charge is -2.32. The summed E-state index contributed by atoms with van der Waals surface area (Å²) in [5.74, 6) is 1.15. The molecule has 0 unspecified atom stereocenters. The largest absolute Gasteiger partial charge is 0.497 e. The van der Waals surface area contributed by atoms with Gasteiger partial charge >= 0.3 is 0 Å². The maximum atomic E-state index is 13.0. The number of hydrogen-bond donors (Lipinski definition) is 1. The molecule has 0 saturated carbocycles. The highest BCUT2D eigenvalue weighted by Gasteiger charge is 2.26. The normalized spacial score (nSPS) is 18.0. The molecule has 2 aromatic rings. The lowest BCUT2D eigenvalue weighted by molar-refractivity contribution is -0.917. The standard InChI is InChI=1S/C22H28N2O2S/c1-26-19-9-7-17(8-10-19)16-23-11-13-24(14-12-23)22(25)21-15-18-5-3-2-4-6-20(18)27-21/h7-10,15H,2-6,11-14,16H2,1H3/p+1. The van der Waals surface area contributed by atoms with Gasteiger partial charge in [0, 0.05) is 10.4 Å². The van der Waals surface area contributed by atoms with Crippen LogP contribution in [0.25, 0.3) is 0 Å². The highest BCUT2D eigenvalue weighted by atomic mass is 32.1. The number of carbonyl (C=O) groups excluding carboxylic acids is 1. The number of rotatable bonds is 4. The maximum absolute atomic E-state index is 13.0. The van der Waals surface area contributed by atoms with E-state index in [0.29, 0.717) is 0 Å². The zero-order chi connectivity index (χ0) is 18.6. The molecule has 1 aromatic carbocycles. The van der Waals surface area contributed by atoms with Crippen LogP contribution in [0.4, 0.5) is 0 Å². The maximum Gasteiger partial charge on any atom is 0.264 e. The Hall–Kier alpha value is -1.85. The average molecular weight is 386 g/mol. The number of fused-ring (bicyclic) bond motifs is 1. The predicted octanol–water partition coefficient (Wildman–Crippen LogP) is 2.57. The van der Waals surface area contributed by atoms with Crippen LogP contribution in [0.3, 0.4) is 0 Å². The third-order valence-electron chi connectivity index (χ3n) is 5.83. The summed E-state index contributed by atoms with van der Waals surface area (Å²) < 4.78 is 5.23. The molecule has 1 aromatic heterocycles. The summed E-state index contributed by atoms with van der Waals surface area (Å²) in [4.78, 5) is 19.0. The molecule has 1 aliphatic heterocycles. The highest BCUT2D eigenvalue weighted by Crippen LogP contribution is 2.29. The van der Waals surface area contributed by atoms with Crippen molar-refractivity contribution in [2.45, 2.75) is 38.6 Å². The summed E-state index contributed by atoms with van der Waals surface area (Å²) >= 11 is 1.75. The van der Waals surface area contributed by atoms with E-state index in [0.717, 1.165) is 56.2 Å². The van der Waals surface area contributed by atoms with Crippen LogP contribution in [0.2, 0.25) is 0 Å². The van der Waals surface area contributed by atoms with E-state index in [-0.39, 0.29) is 5.91 Å². The second-order valence-corrected chi connectivity index (χ2v) is 8.82. The summed E-state index contributed by atoms with van der Waals surface area (Å²) in [5.41, 5.74) is 2.76. The Kier molecular flexibility index (Phi) is 5.79. The Balaban J connectivity index is 1.32. The Morgan fingerprint density at radius 1 is 1.11 bits per heavy atom. The lowest BCUT2D eigenvalue weighted by atomic mass is 10.1. The van der Waals surface area contributed by atoms with Gasteiger partial charge in [-0.25, -0.2) is 0 Å². The Morgan fingerprint density at radius 2 is 1.85 bits per heavy atom. The van der Waals surface area contributed by atoms with Crippen LogP contribution in [0, 0.1) is 0 Å². The van der Waals surface area contributed by atoms with Crippen molar-refractivity contribution < 1.29 is 14.4 Å². The van der Waals surface area contributed by atoms with Gasteiger partial charge in [0.1, 0.15) is 12.3 Å². The topological polar surface area (TPSA) is 34.0 Å². The van der Waals surface area contributed by atoms with Gasteiger partial charge in [-0.2, -0.15) is 0 Å². The lowest BCUT2D eigenvalue weighted by Crippen LogP contribution is -3.13. The summed E-state index contributed by atoms with van der Waals surface area (Å²) in [6, 6.07) is 10.5. The molecule has 2 heterocycles. The molecule has 1 saturated heterocycles. The number of carbonyl (C=O) groups is 1. The number of piperazine rings is 1. The minimum absolute atomic E-state index is 0.247. The molecule has 1 fully saturated rings. The molecule has 144 valence electrons. The predicted molar refractivity (Wildman–Crippen MR) is 109 cm³/mol. The summed E-state index contributed by atoms with van der Waals surface area (Å²) in [6.07, 6.45) is 6.18. The molecule has 1 N–H and O–H groups in total. The summed E-state index contributed by atoms with van der Waals surface area (Å²) in [7, 11) is 1.70. The fraction of sp³-hybridized carbons (Fsp3) is 0.500. The second-order valence-electron chi connectivity index (χ2n) is 7.69. The van der Waals surface area contributed by atoms with Crippen molar-refractivity contribution >= 4 is 17.2 Å². The number of nitrogens with zero attached hydrogens (tertiary/aromatic N) is 1. The van der Waals surface area contributed by atoms with Gasteiger partial charge in [0.05, 0.1) is 38.2 Å². The molecule has 5 heteroatoms. The zero-order valence-electron chi connectivity index (χ0n) is 16.1. The average Bonchev–Trinajstić information content (AvgIpc) is 2.99. The number of aryl methyl sites for hydroxylation is 2. The van der Waals surface area contributed by atoms with Crippen LogP contribution in [-0.2, 0) is 19.4 Å². The van der Waals surface area contributed by atoms with Crippen molar-refractivity contribution in [1.82, 2.24) is 4.90 Å². The first-order valence-corrected chi connectivity index (χ1v) is 10.9. The van der Waals surface area contributed by atoms with E-state index < -0.39 is 0 Å². The molecule has 27 heavy (non-hydrogen) atoms. The number of quaternary nitrogens is 1. The number of benzene rings is 1. The van der Waals surface area contributed by atoms with E-state index in [2.05, 4.69) is 23.1 Å². The molecule has 4 nitrogen and oxygen atoms in total. The quantitative estimate of drug-likeness (QED) is 0.821. The van der Waals surface area contributed by atoms with Crippen molar-refractivity contribution in [3.05, 3.63) is 51.2 Å². The molecular weight excluding hydrogens is 356 g/mol. The number of methoxy groups -OCH3 is 1. The number of amides is 1. The van der Waals surface area contributed by atoms with Crippen LogP contribution in [0.5, 0.6) is 5.75 Å². The fourth-order valence-corrected chi connectivity index (χ4v) is 5.39. The van der Waals surface area contributed by atoms with E-state index in [1.54, 1.807) is 23.3 Å². The van der Waals surface area contributed by atoms with Gasteiger partial charge in [0.2, 0.25) is 0 Å². The molecule has 1 aliphatic carbocycles. The third-order valence-corrected chi connectivity index (χ3v) is 7.05. The molecule has 0 spiro atoms. The molecule has 4 rings (SSSR count). The van der Waals surface area contributed by atoms with E-state index in [4.69, 9.17) is 4.74 Å². The minimum Gasteiger partial charge on any atom is -0.497 e. The van der Waals surface area contributed by atoms with Crippen molar-refractivity contribution in [2.75, 3.05) is 33.3 Å².